The van der Waals surface area contributed by atoms with E-state index in [1.165, 1.54) is 16.0 Å². The Balaban J connectivity index is 1.48. The van der Waals surface area contributed by atoms with Crippen molar-refractivity contribution >= 4 is 34.1 Å². The van der Waals surface area contributed by atoms with Gasteiger partial charge in [0.25, 0.3) is 5.89 Å². The lowest BCUT2D eigenvalue weighted by molar-refractivity contribution is 0.529. The lowest BCUT2D eigenvalue weighted by atomic mass is 10.2. The van der Waals surface area contributed by atoms with Gasteiger partial charge in [-0.3, -0.25) is 0 Å². The van der Waals surface area contributed by atoms with Gasteiger partial charge in [-0.2, -0.15) is 0 Å². The molecule has 128 valence electrons. The minimum atomic E-state index is 0.594. The molecule has 0 fully saturated rings. The van der Waals surface area contributed by atoms with Gasteiger partial charge in [-0.25, -0.2) is 4.98 Å². The second kappa shape index (κ2) is 6.65. The number of H-pyrrole nitrogens is 1. The molecule has 4 rings (SSSR count). The number of nitrogens with zero attached hydrogens (tertiary/aromatic N) is 3. The van der Waals surface area contributed by atoms with Crippen molar-refractivity contribution in [1.82, 2.24) is 20.2 Å². The van der Waals surface area contributed by atoms with Crippen LogP contribution in [0.5, 0.6) is 0 Å². The average molecular weight is 371 g/mol. The Morgan fingerprint density at radius 2 is 2.08 bits per heavy atom. The van der Waals surface area contributed by atoms with Crippen molar-refractivity contribution in [3.63, 3.8) is 0 Å². The van der Waals surface area contributed by atoms with E-state index in [-0.39, 0.29) is 0 Å². The summed E-state index contributed by atoms with van der Waals surface area (Å²) in [5.41, 5.74) is 4.52. The van der Waals surface area contributed by atoms with Crippen molar-refractivity contribution in [3.8, 4) is 10.8 Å². The van der Waals surface area contributed by atoms with Crippen LogP contribution in [0.1, 0.15) is 28.8 Å². The van der Waals surface area contributed by atoms with Gasteiger partial charge in [0.05, 0.1) is 21.7 Å². The molecule has 0 atom stereocenters. The minimum absolute atomic E-state index is 0.594. The summed E-state index contributed by atoms with van der Waals surface area (Å²) in [6.45, 7) is 6.35. The monoisotopic (exact) mass is 370 g/mol. The number of fused-ring (bicyclic) bond motifs is 1. The lowest BCUT2D eigenvalue weighted by Crippen LogP contribution is -1.81. The fourth-order valence-electron chi connectivity index (χ4n) is 2.69. The van der Waals surface area contributed by atoms with E-state index in [2.05, 4.69) is 59.1 Å². The SMILES string of the molecule is CCc1sc(-c2nnc(CSc3nc4ccc(C)cc4[nH]3)o2)cc1C. The standard InChI is InChI=1S/C18H18N4OS2/c1-4-14-11(3)8-15(25-14)17-22-21-16(23-17)9-24-18-19-12-6-5-10(2)7-13(12)20-18/h5-8H,4,9H2,1-3H3,(H,19,20). The lowest BCUT2D eigenvalue weighted by Gasteiger charge is -1.92. The molecular formula is C18H18N4OS2. The largest absolute Gasteiger partial charge is 0.419 e. The number of aromatic amines is 1. The molecule has 0 spiro atoms. The third-order valence-corrected chi connectivity index (χ3v) is 6.19. The predicted octanol–water partition coefficient (Wildman–Crippen LogP) is 5.15. The highest BCUT2D eigenvalue weighted by atomic mass is 32.2. The molecule has 1 N–H and O–H groups in total. The zero-order valence-corrected chi connectivity index (χ0v) is 15.9. The Hall–Kier alpha value is -2.12. The molecule has 0 saturated carbocycles. The molecular weight excluding hydrogens is 352 g/mol. The molecule has 0 bridgehead atoms. The summed E-state index contributed by atoms with van der Waals surface area (Å²) in [7, 11) is 0. The van der Waals surface area contributed by atoms with Gasteiger partial charge >= 0.3 is 0 Å². The van der Waals surface area contributed by atoms with Gasteiger partial charge in [0.1, 0.15) is 0 Å². The second-order valence-electron chi connectivity index (χ2n) is 5.92. The van der Waals surface area contributed by atoms with Crippen molar-refractivity contribution in [2.45, 2.75) is 38.1 Å². The highest BCUT2D eigenvalue weighted by molar-refractivity contribution is 7.98. The molecule has 0 aliphatic heterocycles. The number of aromatic nitrogens is 4. The Bertz CT molecular complexity index is 1030. The first-order valence-corrected chi connectivity index (χ1v) is 9.94. The van der Waals surface area contributed by atoms with Gasteiger partial charge in [-0.15, -0.1) is 21.5 Å². The first-order valence-electron chi connectivity index (χ1n) is 8.13. The maximum absolute atomic E-state index is 5.82. The molecule has 4 aromatic rings. The van der Waals surface area contributed by atoms with Gasteiger partial charge in [-0.1, -0.05) is 24.8 Å². The molecule has 0 saturated heterocycles. The van der Waals surface area contributed by atoms with Crippen molar-refractivity contribution in [2.24, 2.45) is 0 Å². The highest BCUT2D eigenvalue weighted by Gasteiger charge is 2.14. The van der Waals surface area contributed by atoms with E-state index >= 15 is 0 Å². The molecule has 3 heterocycles. The van der Waals surface area contributed by atoms with Gasteiger partial charge in [0.15, 0.2) is 5.16 Å². The minimum Gasteiger partial charge on any atom is -0.419 e. The van der Waals surface area contributed by atoms with Crippen LogP contribution >= 0.6 is 23.1 Å². The zero-order chi connectivity index (χ0) is 17.4. The first-order chi connectivity index (χ1) is 12.1. The van der Waals surface area contributed by atoms with Crippen LogP contribution in [0.2, 0.25) is 0 Å². The molecule has 25 heavy (non-hydrogen) atoms. The highest BCUT2D eigenvalue weighted by Crippen LogP contribution is 2.31. The van der Waals surface area contributed by atoms with E-state index < -0.39 is 0 Å². The van der Waals surface area contributed by atoms with Gasteiger partial charge in [-0.05, 0) is 49.6 Å². The summed E-state index contributed by atoms with van der Waals surface area (Å²) >= 11 is 3.29. The van der Waals surface area contributed by atoms with Gasteiger partial charge < -0.3 is 9.40 Å². The molecule has 0 unspecified atom stereocenters. The van der Waals surface area contributed by atoms with E-state index in [0.717, 1.165) is 27.5 Å². The molecule has 0 aliphatic carbocycles. The van der Waals surface area contributed by atoms with Gasteiger partial charge in [0, 0.05) is 4.88 Å². The number of hydrogen-bond donors (Lipinski definition) is 1. The van der Waals surface area contributed by atoms with Crippen LogP contribution in [-0.4, -0.2) is 20.2 Å². The van der Waals surface area contributed by atoms with Crippen molar-refractivity contribution < 1.29 is 4.42 Å². The van der Waals surface area contributed by atoms with Crippen LogP contribution in [-0.2, 0) is 12.2 Å². The topological polar surface area (TPSA) is 67.6 Å². The Kier molecular flexibility index (Phi) is 4.35. The van der Waals surface area contributed by atoms with Crippen LogP contribution in [0, 0.1) is 13.8 Å². The van der Waals surface area contributed by atoms with Crippen molar-refractivity contribution in [3.05, 3.63) is 46.2 Å². The van der Waals surface area contributed by atoms with E-state index in [4.69, 9.17) is 4.42 Å². The smallest absolute Gasteiger partial charge is 0.257 e. The first kappa shape index (κ1) is 16.4. The predicted molar refractivity (Wildman–Crippen MR) is 102 cm³/mol. The van der Waals surface area contributed by atoms with Gasteiger partial charge in [0.2, 0.25) is 5.89 Å². The van der Waals surface area contributed by atoms with Crippen LogP contribution < -0.4 is 0 Å². The normalized spacial score (nSPS) is 11.5. The molecule has 3 aromatic heterocycles. The van der Waals surface area contributed by atoms with Crippen LogP contribution in [0.4, 0.5) is 0 Å². The van der Waals surface area contributed by atoms with E-state index in [1.54, 1.807) is 23.1 Å². The third kappa shape index (κ3) is 3.34. The van der Waals surface area contributed by atoms with Crippen LogP contribution in [0.15, 0.2) is 33.8 Å². The number of aryl methyl sites for hydroxylation is 3. The van der Waals surface area contributed by atoms with Crippen molar-refractivity contribution in [2.75, 3.05) is 0 Å². The van der Waals surface area contributed by atoms with E-state index in [9.17, 15) is 0 Å². The van der Waals surface area contributed by atoms with E-state index in [1.807, 2.05) is 6.07 Å². The third-order valence-electron chi connectivity index (χ3n) is 3.97. The van der Waals surface area contributed by atoms with Crippen molar-refractivity contribution in [1.29, 1.82) is 0 Å². The fraction of sp³-hybridized carbons (Fsp3) is 0.278. The Morgan fingerprint density at radius 3 is 2.88 bits per heavy atom. The quantitative estimate of drug-likeness (QED) is 0.492. The molecule has 5 nitrogen and oxygen atoms in total. The number of imidazole rings is 1. The van der Waals surface area contributed by atoms with E-state index in [0.29, 0.717) is 17.5 Å². The van der Waals surface area contributed by atoms with Crippen LogP contribution in [0.25, 0.3) is 21.8 Å². The summed E-state index contributed by atoms with van der Waals surface area (Å²) < 4.78 is 5.82. The zero-order valence-electron chi connectivity index (χ0n) is 14.3. The second-order valence-corrected chi connectivity index (χ2v) is 8.02. The fourth-order valence-corrected chi connectivity index (χ4v) is 4.44. The number of nitrogens with one attached hydrogen (secondary N) is 1. The molecule has 0 radical (unpaired) electrons. The Labute approximate surface area is 153 Å². The summed E-state index contributed by atoms with van der Waals surface area (Å²) in [5, 5.41) is 9.22. The number of thioether (sulfide) groups is 1. The average Bonchev–Trinajstić information content (AvgIpc) is 3.29. The number of thiophene rings is 1. The molecule has 1 aromatic carbocycles. The van der Waals surface area contributed by atoms with Crippen LogP contribution in [0.3, 0.4) is 0 Å². The number of rotatable bonds is 5. The summed E-state index contributed by atoms with van der Waals surface area (Å²) in [5.74, 6) is 1.81. The molecule has 0 aliphatic rings. The summed E-state index contributed by atoms with van der Waals surface area (Å²) in [6, 6.07) is 8.31. The summed E-state index contributed by atoms with van der Waals surface area (Å²) in [4.78, 5) is 10.3. The number of benzene rings is 1. The Morgan fingerprint density at radius 1 is 1.20 bits per heavy atom. The maximum Gasteiger partial charge on any atom is 0.257 e. The summed E-state index contributed by atoms with van der Waals surface area (Å²) in [6.07, 6.45) is 1.03. The number of hydrogen-bond acceptors (Lipinski definition) is 6. The molecule has 7 heteroatoms. The molecule has 0 amide bonds. The maximum atomic E-state index is 5.82.